The van der Waals surface area contributed by atoms with Gasteiger partial charge in [0.1, 0.15) is 5.00 Å². The summed E-state index contributed by atoms with van der Waals surface area (Å²) in [5.74, 6) is -0.267. The van der Waals surface area contributed by atoms with Crippen molar-refractivity contribution in [3.63, 3.8) is 0 Å². The maximum Gasteiger partial charge on any atom is 0.407 e. The molecule has 2 aromatic heterocycles. The van der Waals surface area contributed by atoms with E-state index in [1.54, 1.807) is 13.0 Å². The number of nitrogens with one attached hydrogen (secondary N) is 1. The number of aryl methyl sites for hydroxylation is 1. The van der Waals surface area contributed by atoms with Crippen molar-refractivity contribution in [3.05, 3.63) is 29.6 Å². The summed E-state index contributed by atoms with van der Waals surface area (Å²) in [6.07, 6.45) is -2.18. The summed E-state index contributed by atoms with van der Waals surface area (Å²) in [5, 5.41) is 11.9. The summed E-state index contributed by atoms with van der Waals surface area (Å²) in [4.78, 5) is 28.1. The predicted octanol–water partition coefficient (Wildman–Crippen LogP) is 1.76. The lowest BCUT2D eigenvalue weighted by Crippen LogP contribution is -2.30. The van der Waals surface area contributed by atoms with Gasteiger partial charge in [-0.25, -0.2) is 14.2 Å². The molecular formula is C15H16FN5O4S. The van der Waals surface area contributed by atoms with Crippen LogP contribution in [0, 0.1) is 6.92 Å². The van der Waals surface area contributed by atoms with Crippen molar-refractivity contribution in [3.8, 4) is 5.88 Å². The van der Waals surface area contributed by atoms with Crippen LogP contribution in [0.15, 0.2) is 18.3 Å². The zero-order valence-corrected chi connectivity index (χ0v) is 14.5. The topological polar surface area (TPSA) is 131 Å². The lowest BCUT2D eigenvalue weighted by Gasteiger charge is -2.14. The fraction of sp³-hybridized carbons (Fsp3) is 0.333. The first-order chi connectivity index (χ1) is 12.3. The molecule has 0 radical (unpaired) electrons. The fourth-order valence-electron chi connectivity index (χ4n) is 2.54. The maximum atomic E-state index is 13.8. The first-order valence-corrected chi connectivity index (χ1v) is 8.40. The zero-order chi connectivity index (χ0) is 18.8. The number of hydrogen-bond donors (Lipinski definition) is 3. The van der Waals surface area contributed by atoms with Gasteiger partial charge in [-0.3, -0.25) is 4.79 Å². The number of carboxylic acid groups (broad SMARTS) is 1. The summed E-state index contributed by atoms with van der Waals surface area (Å²) in [5.41, 5.74) is 6.99. The van der Waals surface area contributed by atoms with E-state index in [1.165, 1.54) is 12.3 Å². The van der Waals surface area contributed by atoms with Crippen LogP contribution in [0.5, 0.6) is 5.88 Å². The van der Waals surface area contributed by atoms with Crippen molar-refractivity contribution < 1.29 is 23.8 Å². The smallest absolute Gasteiger partial charge is 0.407 e. The number of hydrogen-bond acceptors (Lipinski definition) is 7. The van der Waals surface area contributed by atoms with Crippen molar-refractivity contribution in [1.29, 1.82) is 0 Å². The highest BCUT2D eigenvalue weighted by Crippen LogP contribution is 2.23. The van der Waals surface area contributed by atoms with Crippen molar-refractivity contribution in [2.75, 3.05) is 24.1 Å². The van der Waals surface area contributed by atoms with E-state index in [-0.39, 0.29) is 19.0 Å². The number of rotatable bonds is 4. The van der Waals surface area contributed by atoms with E-state index >= 15 is 0 Å². The molecule has 138 valence electrons. The van der Waals surface area contributed by atoms with Crippen LogP contribution in [0.1, 0.15) is 16.1 Å². The van der Waals surface area contributed by atoms with E-state index in [0.717, 1.165) is 16.4 Å². The molecule has 4 N–H and O–H groups in total. The molecule has 2 aromatic rings. The van der Waals surface area contributed by atoms with Gasteiger partial charge in [0, 0.05) is 6.07 Å². The van der Waals surface area contributed by atoms with Crippen LogP contribution < -0.4 is 15.8 Å². The highest BCUT2D eigenvalue weighted by atomic mass is 32.1. The summed E-state index contributed by atoms with van der Waals surface area (Å²) in [6.45, 7) is 1.39. The third-order valence-corrected chi connectivity index (χ3v) is 4.62. The molecule has 1 aliphatic rings. The van der Waals surface area contributed by atoms with Gasteiger partial charge >= 0.3 is 6.09 Å². The normalized spacial score (nSPS) is 19.4. The third-order valence-electron chi connectivity index (χ3n) is 3.85. The average molecular weight is 381 g/mol. The van der Waals surface area contributed by atoms with E-state index in [4.69, 9.17) is 15.6 Å². The molecule has 1 saturated heterocycles. The fourth-order valence-corrected chi connectivity index (χ4v) is 3.20. The molecule has 2 atom stereocenters. The van der Waals surface area contributed by atoms with E-state index in [9.17, 15) is 14.0 Å². The highest BCUT2D eigenvalue weighted by Gasteiger charge is 2.37. The van der Waals surface area contributed by atoms with E-state index in [2.05, 4.69) is 14.7 Å². The molecule has 9 nitrogen and oxygen atoms in total. The van der Waals surface area contributed by atoms with E-state index in [1.807, 2.05) is 0 Å². The number of carbonyl (C=O) groups excluding carboxylic acids is 1. The Bertz CT molecular complexity index is 808. The molecule has 26 heavy (non-hydrogen) atoms. The van der Waals surface area contributed by atoms with Gasteiger partial charge < -0.3 is 25.8 Å². The molecule has 0 unspecified atom stereocenters. The first-order valence-electron chi connectivity index (χ1n) is 7.63. The van der Waals surface area contributed by atoms with Crippen LogP contribution in [0.25, 0.3) is 0 Å². The second-order valence-electron chi connectivity index (χ2n) is 5.71. The standard InChI is InChI=1S/C15H16FN5O4S/c1-7-12(13(17)26-20-7)14(22)19-8-2-3-11(18-4-8)25-10-6-21(15(23)24)5-9(10)16/h2-4,9-10H,5-6,17H2,1H3,(H,19,22)(H,23,24)/t9-,10+/m0/s1. The van der Waals surface area contributed by atoms with Crippen LogP contribution in [0.3, 0.4) is 0 Å². The van der Waals surface area contributed by atoms with Gasteiger partial charge in [0.25, 0.3) is 5.91 Å². The monoisotopic (exact) mass is 381 g/mol. The molecule has 1 aliphatic heterocycles. The number of amides is 2. The van der Waals surface area contributed by atoms with Crippen LogP contribution >= 0.6 is 11.5 Å². The number of nitrogens with zero attached hydrogens (tertiary/aromatic N) is 3. The SMILES string of the molecule is Cc1nsc(N)c1C(=O)Nc1ccc(O[C@@H]2CN(C(=O)O)C[C@@H]2F)nc1. The van der Waals surface area contributed by atoms with Crippen molar-refractivity contribution in [1.82, 2.24) is 14.3 Å². The van der Waals surface area contributed by atoms with Crippen molar-refractivity contribution in [2.45, 2.75) is 19.2 Å². The molecule has 0 bridgehead atoms. The van der Waals surface area contributed by atoms with Crippen LogP contribution in [0.4, 0.5) is 19.9 Å². The summed E-state index contributed by atoms with van der Waals surface area (Å²) in [7, 11) is 0. The molecule has 0 aliphatic carbocycles. The molecule has 0 spiro atoms. The summed E-state index contributed by atoms with van der Waals surface area (Å²) < 4.78 is 23.3. The summed E-state index contributed by atoms with van der Waals surface area (Å²) >= 11 is 1.04. The number of nitrogen functional groups attached to an aromatic ring is 1. The second kappa shape index (κ2) is 7.12. The van der Waals surface area contributed by atoms with Crippen LogP contribution in [-0.2, 0) is 0 Å². The average Bonchev–Trinajstić information content (AvgIpc) is 3.12. The number of nitrogens with two attached hydrogens (primary N) is 1. The molecule has 0 saturated carbocycles. The van der Waals surface area contributed by atoms with Crippen molar-refractivity contribution >= 4 is 34.2 Å². The van der Waals surface area contributed by atoms with Gasteiger partial charge in [-0.2, -0.15) is 4.37 Å². The lowest BCUT2D eigenvalue weighted by atomic mass is 10.2. The van der Waals surface area contributed by atoms with Crippen LogP contribution in [-0.4, -0.2) is 56.7 Å². The highest BCUT2D eigenvalue weighted by molar-refractivity contribution is 7.10. The Kier molecular flexibility index (Phi) is 4.89. The number of carbonyl (C=O) groups is 2. The molecule has 3 heterocycles. The second-order valence-corrected chi connectivity index (χ2v) is 6.51. The number of alkyl halides is 1. The lowest BCUT2D eigenvalue weighted by molar-refractivity contribution is 0.102. The number of aromatic nitrogens is 2. The van der Waals surface area contributed by atoms with Gasteiger partial charge in [-0.1, -0.05) is 0 Å². The third kappa shape index (κ3) is 3.67. The first kappa shape index (κ1) is 17.9. The number of pyridine rings is 1. The van der Waals surface area contributed by atoms with Gasteiger partial charge in [0.15, 0.2) is 12.3 Å². The van der Waals surface area contributed by atoms with Gasteiger partial charge in [0.05, 0.1) is 36.2 Å². The Hall–Kier alpha value is -2.95. The Morgan fingerprint density at radius 1 is 1.46 bits per heavy atom. The van der Waals surface area contributed by atoms with Crippen molar-refractivity contribution in [2.24, 2.45) is 0 Å². The van der Waals surface area contributed by atoms with E-state index in [0.29, 0.717) is 21.9 Å². The maximum absolute atomic E-state index is 13.8. The number of ether oxygens (including phenoxy) is 1. The number of anilines is 2. The van der Waals surface area contributed by atoms with Crippen LogP contribution in [0.2, 0.25) is 0 Å². The van der Waals surface area contributed by atoms with Gasteiger partial charge in [-0.05, 0) is 24.5 Å². The minimum absolute atomic E-state index is 0.0691. The molecule has 3 rings (SSSR count). The predicted molar refractivity (Wildman–Crippen MR) is 92.4 cm³/mol. The Balaban J connectivity index is 1.62. The van der Waals surface area contributed by atoms with Gasteiger partial charge in [-0.15, -0.1) is 0 Å². The summed E-state index contributed by atoms with van der Waals surface area (Å²) in [6, 6.07) is 3.01. The molecule has 2 amide bonds. The quantitative estimate of drug-likeness (QED) is 0.735. The van der Waals surface area contributed by atoms with Gasteiger partial charge in [0.2, 0.25) is 5.88 Å². The Morgan fingerprint density at radius 3 is 2.77 bits per heavy atom. The number of halogens is 1. The molecule has 0 aromatic carbocycles. The minimum Gasteiger partial charge on any atom is -0.469 e. The Morgan fingerprint density at radius 2 is 2.23 bits per heavy atom. The molecule has 1 fully saturated rings. The Labute approximate surface area is 151 Å². The largest absolute Gasteiger partial charge is 0.469 e. The minimum atomic E-state index is -1.43. The molecular weight excluding hydrogens is 365 g/mol. The number of likely N-dealkylation sites (tertiary alicyclic amines) is 1. The molecule has 11 heteroatoms. The van der Waals surface area contributed by atoms with E-state index < -0.39 is 24.3 Å². The zero-order valence-electron chi connectivity index (χ0n) is 13.7.